The molecule has 0 heterocycles. The summed E-state index contributed by atoms with van der Waals surface area (Å²) in [6, 6.07) is -1.52. The zero-order chi connectivity index (χ0) is 42.8. The molecular weight excluding hydrogens is 757 g/mol. The van der Waals surface area contributed by atoms with Crippen molar-refractivity contribution in [1.82, 2.24) is 0 Å². The maximum absolute atomic E-state index is 12.7. The molecule has 0 radical (unpaired) electrons. The summed E-state index contributed by atoms with van der Waals surface area (Å²) in [5, 5.41) is 8.90. The molecule has 0 saturated heterocycles. The molecule has 0 aromatic carbocycles. The third kappa shape index (κ3) is 40.7. The highest BCUT2D eigenvalue weighted by atomic mass is 31.2. The Labute approximate surface area is 353 Å². The summed E-state index contributed by atoms with van der Waals surface area (Å²) in [6.07, 6.45) is 43.8. The van der Waals surface area contributed by atoms with Crippen LogP contribution in [0, 0.1) is 0 Å². The molecule has 4 N–H and O–H groups in total. The lowest BCUT2D eigenvalue weighted by Gasteiger charge is -2.20. The third-order valence-corrected chi connectivity index (χ3v) is 11.1. The molecule has 0 amide bonds. The topological polar surface area (TPSA) is 172 Å². The average molecular weight is 844 g/mol. The molecule has 0 rings (SSSR count). The fourth-order valence-electron chi connectivity index (χ4n) is 6.47. The molecule has 0 aromatic heterocycles. The molecular formula is C46H86NO10P. The lowest BCUT2D eigenvalue weighted by atomic mass is 10.0. The van der Waals surface area contributed by atoms with E-state index in [0.717, 1.165) is 57.8 Å². The maximum Gasteiger partial charge on any atom is 0.472 e. The Balaban J connectivity index is 4.27. The molecule has 0 aliphatic rings. The van der Waals surface area contributed by atoms with Gasteiger partial charge in [0.1, 0.15) is 12.6 Å². The number of rotatable bonds is 44. The van der Waals surface area contributed by atoms with Crippen LogP contribution in [-0.4, -0.2) is 59.9 Å². The summed E-state index contributed by atoms with van der Waals surface area (Å²) in [6.45, 7) is 2.79. The van der Waals surface area contributed by atoms with Gasteiger partial charge in [-0.1, -0.05) is 167 Å². The summed E-state index contributed by atoms with van der Waals surface area (Å²) in [5.41, 5.74) is 5.34. The van der Waals surface area contributed by atoms with E-state index < -0.39 is 51.1 Å². The monoisotopic (exact) mass is 844 g/mol. The Morgan fingerprint density at radius 3 is 1.28 bits per heavy atom. The zero-order valence-electron chi connectivity index (χ0n) is 36.9. The van der Waals surface area contributed by atoms with Gasteiger partial charge in [-0.05, 0) is 64.2 Å². The number of carboxylic acid groups (broad SMARTS) is 1. The summed E-state index contributed by atoms with van der Waals surface area (Å²) < 4.78 is 32.7. The minimum Gasteiger partial charge on any atom is -0.480 e. The highest BCUT2D eigenvalue weighted by Crippen LogP contribution is 2.43. The number of nitrogens with two attached hydrogens (primary N) is 1. The number of carboxylic acids is 1. The van der Waals surface area contributed by atoms with Crippen LogP contribution >= 0.6 is 7.82 Å². The fourth-order valence-corrected chi connectivity index (χ4v) is 7.24. The number of phosphoric acid groups is 1. The number of carbonyl (C=O) groups excluding carboxylic acids is 2. The van der Waals surface area contributed by atoms with Gasteiger partial charge in [0, 0.05) is 12.8 Å². The van der Waals surface area contributed by atoms with E-state index in [2.05, 4.69) is 42.7 Å². The van der Waals surface area contributed by atoms with Crippen molar-refractivity contribution in [2.45, 2.75) is 231 Å². The summed E-state index contributed by atoms with van der Waals surface area (Å²) in [7, 11) is -4.72. The number of allylic oxidation sites excluding steroid dienone is 4. The molecule has 1 unspecified atom stereocenters. The van der Waals surface area contributed by atoms with Crippen LogP contribution in [0.1, 0.15) is 219 Å². The van der Waals surface area contributed by atoms with E-state index in [-0.39, 0.29) is 19.4 Å². The number of phosphoric ester groups is 1. The largest absolute Gasteiger partial charge is 0.480 e. The van der Waals surface area contributed by atoms with Gasteiger partial charge in [0.2, 0.25) is 0 Å². The van der Waals surface area contributed by atoms with Crippen LogP contribution in [0.5, 0.6) is 0 Å². The van der Waals surface area contributed by atoms with Crippen molar-refractivity contribution in [3.05, 3.63) is 24.3 Å². The smallest absolute Gasteiger partial charge is 0.472 e. The minimum absolute atomic E-state index is 0.161. The SMILES string of the molecule is CCCCCC/C=C/CCCCCCCC(=O)OC[C@@H](COP(=O)(O)OC[C@H](N)C(=O)O)OC(=O)CCCCCCCCCCCCC/C=C/CCCCCCCC. The van der Waals surface area contributed by atoms with Gasteiger partial charge >= 0.3 is 25.7 Å². The predicted molar refractivity (Wildman–Crippen MR) is 236 cm³/mol. The van der Waals surface area contributed by atoms with Crippen molar-refractivity contribution in [2.24, 2.45) is 5.73 Å². The molecule has 0 fully saturated rings. The van der Waals surface area contributed by atoms with E-state index in [1.807, 2.05) is 0 Å². The molecule has 0 aromatic rings. The Hall–Kier alpha value is -2.04. The fraction of sp³-hybridized carbons (Fsp3) is 0.848. The van der Waals surface area contributed by atoms with Crippen LogP contribution in [0.2, 0.25) is 0 Å². The van der Waals surface area contributed by atoms with Crippen molar-refractivity contribution >= 4 is 25.7 Å². The van der Waals surface area contributed by atoms with E-state index in [9.17, 15) is 23.8 Å². The highest BCUT2D eigenvalue weighted by molar-refractivity contribution is 7.47. The van der Waals surface area contributed by atoms with Crippen LogP contribution in [0.3, 0.4) is 0 Å². The van der Waals surface area contributed by atoms with E-state index in [1.165, 1.54) is 122 Å². The lowest BCUT2D eigenvalue weighted by Crippen LogP contribution is -2.34. The number of esters is 2. The Morgan fingerprint density at radius 2 is 0.862 bits per heavy atom. The predicted octanol–water partition coefficient (Wildman–Crippen LogP) is 12.6. The Bertz CT molecular complexity index is 1080. The van der Waals surface area contributed by atoms with Gasteiger partial charge < -0.3 is 25.2 Å². The third-order valence-electron chi connectivity index (χ3n) is 10.2. The second-order valence-corrected chi connectivity index (χ2v) is 17.3. The molecule has 0 saturated carbocycles. The van der Waals surface area contributed by atoms with Gasteiger partial charge in [-0.25, -0.2) is 4.57 Å². The van der Waals surface area contributed by atoms with E-state index in [4.69, 9.17) is 24.8 Å². The van der Waals surface area contributed by atoms with Crippen molar-refractivity contribution in [3.8, 4) is 0 Å². The van der Waals surface area contributed by atoms with Crippen LogP contribution in [0.4, 0.5) is 0 Å². The van der Waals surface area contributed by atoms with Crippen molar-refractivity contribution in [2.75, 3.05) is 19.8 Å². The Morgan fingerprint density at radius 1 is 0.517 bits per heavy atom. The number of hydrogen-bond acceptors (Lipinski definition) is 9. The quantitative estimate of drug-likeness (QED) is 0.0231. The molecule has 0 bridgehead atoms. The molecule has 0 aliphatic heterocycles. The van der Waals surface area contributed by atoms with Gasteiger partial charge in [0.15, 0.2) is 6.10 Å². The van der Waals surface area contributed by atoms with Crippen molar-refractivity contribution in [3.63, 3.8) is 0 Å². The first-order valence-corrected chi connectivity index (χ1v) is 24.9. The first-order valence-electron chi connectivity index (χ1n) is 23.4. The molecule has 12 heteroatoms. The van der Waals surface area contributed by atoms with E-state index in [0.29, 0.717) is 12.8 Å². The molecule has 0 spiro atoms. The second-order valence-electron chi connectivity index (χ2n) is 15.9. The van der Waals surface area contributed by atoms with Gasteiger partial charge in [-0.15, -0.1) is 0 Å². The Kier molecular flexibility index (Phi) is 40.2. The lowest BCUT2D eigenvalue weighted by molar-refractivity contribution is -0.161. The second kappa shape index (κ2) is 41.7. The molecule has 0 aliphatic carbocycles. The number of ether oxygens (including phenoxy) is 2. The summed E-state index contributed by atoms with van der Waals surface area (Å²) in [5.74, 6) is -2.38. The molecule has 3 atom stereocenters. The standard InChI is InChI=1S/C46H86NO10P/c1-3-5-7-9-11-13-15-17-18-19-20-21-22-23-24-26-28-30-32-34-36-38-45(49)57-42(40-55-58(52,53)56-41-43(47)46(50)51)39-54-44(48)37-35-33-31-29-27-25-16-14-12-10-8-6-4-2/h14,16-18,42-43H,3-13,15,19-41,47H2,1-2H3,(H,50,51)(H,52,53)/b16-14+,18-17+/t42-,43-/m0/s1. The maximum atomic E-state index is 12.7. The average Bonchev–Trinajstić information content (AvgIpc) is 3.20. The number of carbonyl (C=O) groups is 3. The van der Waals surface area contributed by atoms with Gasteiger partial charge in [-0.2, -0.15) is 0 Å². The summed E-state index contributed by atoms with van der Waals surface area (Å²) in [4.78, 5) is 46.0. The van der Waals surface area contributed by atoms with Crippen LogP contribution in [0.15, 0.2) is 24.3 Å². The minimum atomic E-state index is -4.72. The molecule has 11 nitrogen and oxygen atoms in total. The highest BCUT2D eigenvalue weighted by Gasteiger charge is 2.28. The van der Waals surface area contributed by atoms with Crippen LogP contribution in [0.25, 0.3) is 0 Å². The van der Waals surface area contributed by atoms with Crippen molar-refractivity contribution in [1.29, 1.82) is 0 Å². The first kappa shape index (κ1) is 56.0. The number of aliphatic carboxylic acids is 1. The summed E-state index contributed by atoms with van der Waals surface area (Å²) >= 11 is 0. The van der Waals surface area contributed by atoms with E-state index >= 15 is 0 Å². The van der Waals surface area contributed by atoms with Gasteiger partial charge in [0.25, 0.3) is 0 Å². The van der Waals surface area contributed by atoms with Crippen LogP contribution < -0.4 is 5.73 Å². The van der Waals surface area contributed by atoms with Gasteiger partial charge in [-0.3, -0.25) is 23.4 Å². The zero-order valence-corrected chi connectivity index (χ0v) is 37.8. The van der Waals surface area contributed by atoms with Gasteiger partial charge in [0.05, 0.1) is 13.2 Å². The normalized spacial score (nSPS) is 13.9. The van der Waals surface area contributed by atoms with E-state index in [1.54, 1.807) is 0 Å². The number of hydrogen-bond donors (Lipinski definition) is 3. The number of unbranched alkanes of at least 4 members (excludes halogenated alkanes) is 26. The first-order chi connectivity index (χ1) is 28.1. The molecule has 58 heavy (non-hydrogen) atoms. The van der Waals surface area contributed by atoms with Crippen molar-refractivity contribution < 1.29 is 47.5 Å². The van der Waals surface area contributed by atoms with Crippen LogP contribution in [-0.2, 0) is 37.5 Å². The molecule has 340 valence electrons.